The fraction of sp³-hybridized carbons (Fsp3) is 0.303. The van der Waals surface area contributed by atoms with Crippen molar-refractivity contribution in [1.29, 1.82) is 0 Å². The molecule has 4 aromatic rings. The highest BCUT2D eigenvalue weighted by Gasteiger charge is 2.40. The molecule has 0 spiro atoms. The van der Waals surface area contributed by atoms with Gasteiger partial charge in [-0.25, -0.2) is 18.6 Å². The van der Waals surface area contributed by atoms with Crippen molar-refractivity contribution < 1.29 is 41.0 Å². The monoisotopic (exact) mass is 657 g/mol. The van der Waals surface area contributed by atoms with Gasteiger partial charge in [0.05, 0.1) is 29.4 Å². The number of amides is 2. The molecule has 0 atom stereocenters. The van der Waals surface area contributed by atoms with Crippen LogP contribution >= 0.6 is 0 Å². The highest BCUT2D eigenvalue weighted by Crippen LogP contribution is 2.42. The number of fused-ring (bicyclic) bond motifs is 1. The van der Waals surface area contributed by atoms with Gasteiger partial charge in [0, 0.05) is 49.0 Å². The van der Waals surface area contributed by atoms with Crippen LogP contribution in [0.4, 0.5) is 49.6 Å². The van der Waals surface area contributed by atoms with Gasteiger partial charge in [-0.2, -0.15) is 13.2 Å². The molecule has 0 aliphatic carbocycles. The molecule has 3 aromatic carbocycles. The fourth-order valence-corrected chi connectivity index (χ4v) is 5.15. The fourth-order valence-electron chi connectivity index (χ4n) is 5.15. The van der Waals surface area contributed by atoms with Gasteiger partial charge in [0.25, 0.3) is 5.91 Å². The number of pyridine rings is 1. The standard InChI is InChI=1S/C33H32F5N5O4/c1-32(2,3)47-31(45)43-15-13-42(14-16-43)22-10-12-25(26(18-22)46-4)41-29-27(30(44)39-21-8-5-19(34)6-9-21)28(33(36,37)38)23-17-20(35)7-11-24(23)40-29/h5-12,17-18H,13-16H2,1-4H3,(H,39,44)(H,40,41). The number of anilines is 4. The Labute approximate surface area is 267 Å². The molecule has 47 heavy (non-hydrogen) atoms. The highest BCUT2D eigenvalue weighted by atomic mass is 19.4. The first-order chi connectivity index (χ1) is 22.1. The molecule has 0 bridgehead atoms. The van der Waals surface area contributed by atoms with E-state index in [2.05, 4.69) is 15.6 Å². The molecule has 2 heterocycles. The van der Waals surface area contributed by atoms with Crippen molar-refractivity contribution in [3.05, 3.63) is 83.4 Å². The molecule has 248 valence electrons. The third-order valence-electron chi connectivity index (χ3n) is 7.29. The number of carbonyl (C=O) groups is 2. The molecule has 2 amide bonds. The first kappa shape index (κ1) is 33.2. The second-order valence-corrected chi connectivity index (χ2v) is 11.8. The number of halogens is 5. The number of piperazine rings is 1. The predicted molar refractivity (Wildman–Crippen MR) is 167 cm³/mol. The predicted octanol–water partition coefficient (Wildman–Crippen LogP) is 7.59. The lowest BCUT2D eigenvalue weighted by Crippen LogP contribution is -2.50. The minimum Gasteiger partial charge on any atom is -0.494 e. The number of carbonyl (C=O) groups excluding carboxylic acids is 2. The lowest BCUT2D eigenvalue weighted by Gasteiger charge is -2.37. The number of aromatic nitrogens is 1. The molecule has 9 nitrogen and oxygen atoms in total. The Morgan fingerprint density at radius 1 is 0.872 bits per heavy atom. The molecule has 1 aromatic heterocycles. The van der Waals surface area contributed by atoms with Crippen LogP contribution in [0.1, 0.15) is 36.7 Å². The summed E-state index contributed by atoms with van der Waals surface area (Å²) in [5.41, 5.74) is -2.18. The lowest BCUT2D eigenvalue weighted by molar-refractivity contribution is -0.136. The Bertz CT molecular complexity index is 1800. The Morgan fingerprint density at radius 3 is 2.15 bits per heavy atom. The summed E-state index contributed by atoms with van der Waals surface area (Å²) in [5, 5.41) is 4.57. The van der Waals surface area contributed by atoms with Crippen molar-refractivity contribution in [3.8, 4) is 5.75 Å². The smallest absolute Gasteiger partial charge is 0.417 e. The largest absolute Gasteiger partial charge is 0.494 e. The van der Waals surface area contributed by atoms with E-state index in [0.717, 1.165) is 30.0 Å². The van der Waals surface area contributed by atoms with Crippen LogP contribution in [0.5, 0.6) is 5.75 Å². The molecule has 0 unspecified atom stereocenters. The summed E-state index contributed by atoms with van der Waals surface area (Å²) in [7, 11) is 1.38. The number of nitrogens with one attached hydrogen (secondary N) is 2. The number of nitrogens with zero attached hydrogens (tertiary/aromatic N) is 3. The molecule has 1 saturated heterocycles. The summed E-state index contributed by atoms with van der Waals surface area (Å²) < 4.78 is 82.7. The third-order valence-corrected chi connectivity index (χ3v) is 7.29. The van der Waals surface area contributed by atoms with Crippen molar-refractivity contribution in [2.24, 2.45) is 0 Å². The van der Waals surface area contributed by atoms with Crippen LogP contribution in [-0.4, -0.2) is 60.8 Å². The van der Waals surface area contributed by atoms with Gasteiger partial charge in [-0.1, -0.05) is 0 Å². The summed E-state index contributed by atoms with van der Waals surface area (Å²) in [5.74, 6) is -2.99. The van der Waals surface area contributed by atoms with Gasteiger partial charge in [0.15, 0.2) is 0 Å². The first-order valence-electron chi connectivity index (χ1n) is 14.6. The third kappa shape index (κ3) is 7.64. The maximum atomic E-state index is 14.7. The topological polar surface area (TPSA) is 96.0 Å². The van der Waals surface area contributed by atoms with Crippen LogP contribution in [-0.2, 0) is 10.9 Å². The number of benzene rings is 3. The molecular formula is C33H32F5N5O4. The van der Waals surface area contributed by atoms with E-state index in [0.29, 0.717) is 32.2 Å². The van der Waals surface area contributed by atoms with Gasteiger partial charge in [-0.15, -0.1) is 0 Å². The zero-order chi connectivity index (χ0) is 34.1. The Kier molecular flexibility index (Phi) is 9.14. The molecule has 2 N–H and O–H groups in total. The molecular weight excluding hydrogens is 625 g/mol. The number of rotatable bonds is 6. The zero-order valence-corrected chi connectivity index (χ0v) is 26.0. The lowest BCUT2D eigenvalue weighted by atomic mass is 10.0. The van der Waals surface area contributed by atoms with E-state index in [1.165, 1.54) is 19.2 Å². The van der Waals surface area contributed by atoms with Crippen molar-refractivity contribution in [3.63, 3.8) is 0 Å². The Hall–Kier alpha value is -5.14. The number of hydrogen-bond donors (Lipinski definition) is 2. The van der Waals surface area contributed by atoms with Crippen molar-refractivity contribution in [2.45, 2.75) is 32.5 Å². The Morgan fingerprint density at radius 2 is 1.53 bits per heavy atom. The van der Waals surface area contributed by atoms with E-state index in [9.17, 15) is 31.5 Å². The molecule has 0 saturated carbocycles. The van der Waals surface area contributed by atoms with Crippen LogP contribution < -0.4 is 20.3 Å². The van der Waals surface area contributed by atoms with Gasteiger partial charge in [0.2, 0.25) is 0 Å². The summed E-state index contributed by atoms with van der Waals surface area (Å²) in [4.78, 5) is 33.9. The zero-order valence-electron chi connectivity index (χ0n) is 26.0. The van der Waals surface area contributed by atoms with E-state index in [-0.39, 0.29) is 22.6 Å². The van der Waals surface area contributed by atoms with Crippen LogP contribution in [0.25, 0.3) is 10.9 Å². The minimum absolute atomic E-state index is 0.0310. The van der Waals surface area contributed by atoms with E-state index >= 15 is 0 Å². The average Bonchev–Trinajstić information content (AvgIpc) is 3.00. The SMILES string of the molecule is COc1cc(N2CCN(C(=O)OC(C)(C)C)CC2)ccc1Nc1nc2ccc(F)cc2c(C(F)(F)F)c1C(=O)Nc1ccc(F)cc1. The van der Waals surface area contributed by atoms with Crippen LogP contribution in [0, 0.1) is 11.6 Å². The maximum absolute atomic E-state index is 14.7. The van der Waals surface area contributed by atoms with Gasteiger partial charge < -0.3 is 29.9 Å². The summed E-state index contributed by atoms with van der Waals surface area (Å²) in [6, 6.07) is 12.1. The summed E-state index contributed by atoms with van der Waals surface area (Å²) in [6.07, 6.45) is -5.51. The van der Waals surface area contributed by atoms with Crippen molar-refractivity contribution in [2.75, 3.05) is 48.8 Å². The molecule has 5 rings (SSSR count). The summed E-state index contributed by atoms with van der Waals surface area (Å²) in [6.45, 7) is 7.17. The normalized spacial score (nSPS) is 13.8. The van der Waals surface area contributed by atoms with E-state index in [1.807, 2.05) is 4.90 Å². The molecule has 1 aliphatic heterocycles. The number of alkyl halides is 3. The van der Waals surface area contributed by atoms with Crippen molar-refractivity contribution in [1.82, 2.24) is 9.88 Å². The first-order valence-corrected chi connectivity index (χ1v) is 14.6. The van der Waals surface area contributed by atoms with Gasteiger partial charge in [-0.05, 0) is 75.4 Å². The highest BCUT2D eigenvalue weighted by molar-refractivity contribution is 6.12. The second kappa shape index (κ2) is 12.9. The van der Waals surface area contributed by atoms with Crippen LogP contribution in [0.2, 0.25) is 0 Å². The van der Waals surface area contributed by atoms with Crippen LogP contribution in [0.3, 0.4) is 0 Å². The molecule has 1 fully saturated rings. The van der Waals surface area contributed by atoms with E-state index < -0.39 is 57.7 Å². The average molecular weight is 658 g/mol. The number of hydrogen-bond acceptors (Lipinski definition) is 7. The van der Waals surface area contributed by atoms with Crippen LogP contribution in [0.15, 0.2) is 60.7 Å². The van der Waals surface area contributed by atoms with Gasteiger partial charge >= 0.3 is 12.3 Å². The quantitative estimate of drug-likeness (QED) is 0.206. The molecule has 1 aliphatic rings. The molecule has 14 heteroatoms. The molecule has 0 radical (unpaired) electrons. The number of ether oxygens (including phenoxy) is 2. The van der Waals surface area contributed by atoms with E-state index in [4.69, 9.17) is 9.47 Å². The maximum Gasteiger partial charge on any atom is 0.417 e. The minimum atomic E-state index is -5.10. The summed E-state index contributed by atoms with van der Waals surface area (Å²) >= 11 is 0. The van der Waals surface area contributed by atoms with E-state index in [1.54, 1.807) is 43.9 Å². The Balaban J connectivity index is 1.49. The van der Waals surface area contributed by atoms with Gasteiger partial charge in [-0.3, -0.25) is 4.79 Å². The number of methoxy groups -OCH3 is 1. The second-order valence-electron chi connectivity index (χ2n) is 11.8. The van der Waals surface area contributed by atoms with Crippen molar-refractivity contribution >= 4 is 45.8 Å². The van der Waals surface area contributed by atoms with Gasteiger partial charge in [0.1, 0.15) is 28.8 Å².